The summed E-state index contributed by atoms with van der Waals surface area (Å²) in [5.74, 6) is 0. The third kappa shape index (κ3) is 9.22. The van der Waals surface area contributed by atoms with Gasteiger partial charge >= 0.3 is 0 Å². The van der Waals surface area contributed by atoms with Crippen molar-refractivity contribution in [2.75, 3.05) is 19.6 Å². The van der Waals surface area contributed by atoms with E-state index in [9.17, 15) is 0 Å². The topological polar surface area (TPSA) is 15.3 Å². The van der Waals surface area contributed by atoms with Gasteiger partial charge in [0.1, 0.15) is 0 Å². The van der Waals surface area contributed by atoms with Crippen LogP contribution in [0.15, 0.2) is 37.5 Å². The second kappa shape index (κ2) is 20.1. The molecule has 1 N–H and O–H groups in total. The fourth-order valence-corrected chi connectivity index (χ4v) is 2.67. The zero-order chi connectivity index (χ0) is 18.0. The summed E-state index contributed by atoms with van der Waals surface area (Å²) in [4.78, 5) is 2.65. The smallest absolute Gasteiger partial charge is 0.0346 e. The molecular weight excluding hydrogens is 268 g/mol. The van der Waals surface area contributed by atoms with Gasteiger partial charge in [-0.1, -0.05) is 60.3 Å². The van der Waals surface area contributed by atoms with Crippen LogP contribution in [0.1, 0.15) is 61.3 Å². The Kier molecular flexibility index (Phi) is 23.9. The van der Waals surface area contributed by atoms with Gasteiger partial charge in [0.15, 0.2) is 0 Å². The molecule has 2 nitrogen and oxygen atoms in total. The van der Waals surface area contributed by atoms with E-state index in [1.807, 2.05) is 33.8 Å². The first kappa shape index (κ1) is 26.1. The van der Waals surface area contributed by atoms with E-state index in [2.05, 4.69) is 56.8 Å². The Labute approximate surface area is 141 Å². The van der Waals surface area contributed by atoms with E-state index in [0.717, 1.165) is 19.6 Å². The number of allylic oxidation sites excluding steroid dienone is 1. The van der Waals surface area contributed by atoms with Crippen molar-refractivity contribution in [1.82, 2.24) is 10.2 Å². The Morgan fingerprint density at radius 2 is 1.77 bits per heavy atom. The van der Waals surface area contributed by atoms with Gasteiger partial charge in [-0.25, -0.2) is 0 Å². The molecule has 1 rings (SSSR count). The van der Waals surface area contributed by atoms with Gasteiger partial charge in [-0.2, -0.15) is 0 Å². The SMILES string of the molecule is C=C.C=C/C(=C\C)C(CC)N1CCNCC1CC.CC.CC. The van der Waals surface area contributed by atoms with Crippen molar-refractivity contribution in [1.29, 1.82) is 0 Å². The third-order valence-corrected chi connectivity index (χ3v) is 3.61. The standard InChI is InChI=1S/C14H26N2.2C2H6.C2H4/c1-5-12(6-2)14(8-4)16-10-9-15-11-13(16)7-3;3*1-2/h5-6,13-15H,1,7-11H2,2-4H3;2*1-2H3;1-2H2/b12-6+;;;. The maximum absolute atomic E-state index is 3.94. The van der Waals surface area contributed by atoms with Crippen LogP contribution in [0.3, 0.4) is 0 Å². The number of rotatable bonds is 5. The second-order valence-electron chi connectivity index (χ2n) is 4.42. The van der Waals surface area contributed by atoms with Crippen LogP contribution < -0.4 is 5.32 Å². The van der Waals surface area contributed by atoms with Crippen molar-refractivity contribution in [3.8, 4) is 0 Å². The molecule has 2 atom stereocenters. The van der Waals surface area contributed by atoms with Crippen molar-refractivity contribution in [3.05, 3.63) is 37.5 Å². The molecule has 22 heavy (non-hydrogen) atoms. The van der Waals surface area contributed by atoms with Crippen molar-refractivity contribution in [2.45, 2.75) is 73.4 Å². The molecule has 0 spiro atoms. The molecular formula is C20H42N2. The minimum atomic E-state index is 0.551. The summed E-state index contributed by atoms with van der Waals surface area (Å²) in [6, 6.07) is 1.23. The minimum absolute atomic E-state index is 0.551. The highest BCUT2D eigenvalue weighted by molar-refractivity contribution is 5.22. The summed E-state index contributed by atoms with van der Waals surface area (Å²) in [7, 11) is 0. The summed E-state index contributed by atoms with van der Waals surface area (Å²) in [5.41, 5.74) is 1.38. The van der Waals surface area contributed by atoms with Gasteiger partial charge in [0.25, 0.3) is 0 Å². The number of nitrogens with one attached hydrogen (secondary N) is 1. The van der Waals surface area contributed by atoms with Gasteiger partial charge < -0.3 is 5.32 Å². The van der Waals surface area contributed by atoms with E-state index in [1.54, 1.807) is 0 Å². The van der Waals surface area contributed by atoms with Crippen LogP contribution in [0.2, 0.25) is 0 Å². The van der Waals surface area contributed by atoms with Gasteiger partial charge in [-0.05, 0) is 25.3 Å². The van der Waals surface area contributed by atoms with E-state index in [-0.39, 0.29) is 0 Å². The van der Waals surface area contributed by atoms with Crippen LogP contribution in [0.4, 0.5) is 0 Å². The first-order valence-corrected chi connectivity index (χ1v) is 9.03. The predicted molar refractivity (Wildman–Crippen MR) is 106 cm³/mol. The van der Waals surface area contributed by atoms with Gasteiger partial charge in [0.2, 0.25) is 0 Å². The minimum Gasteiger partial charge on any atom is -0.314 e. The number of hydrogen-bond donors (Lipinski definition) is 1. The molecule has 132 valence electrons. The number of nitrogens with zero attached hydrogens (tertiary/aromatic N) is 1. The molecule has 0 saturated carbocycles. The molecule has 0 amide bonds. The fourth-order valence-electron chi connectivity index (χ4n) is 2.67. The average Bonchev–Trinajstić information content (AvgIpc) is 2.64. The van der Waals surface area contributed by atoms with Crippen LogP contribution in [0.25, 0.3) is 0 Å². The highest BCUT2D eigenvalue weighted by Crippen LogP contribution is 2.20. The highest BCUT2D eigenvalue weighted by atomic mass is 15.2. The lowest BCUT2D eigenvalue weighted by atomic mass is 9.98. The molecule has 2 unspecified atom stereocenters. The van der Waals surface area contributed by atoms with Crippen LogP contribution in [-0.4, -0.2) is 36.6 Å². The number of piperazine rings is 1. The lowest BCUT2D eigenvalue weighted by molar-refractivity contribution is 0.119. The zero-order valence-corrected chi connectivity index (χ0v) is 16.4. The molecule has 0 aromatic rings. The Bertz CT molecular complexity index is 258. The van der Waals surface area contributed by atoms with E-state index < -0.39 is 0 Å². The molecule has 0 bridgehead atoms. The van der Waals surface area contributed by atoms with Crippen LogP contribution in [-0.2, 0) is 0 Å². The molecule has 1 saturated heterocycles. The van der Waals surface area contributed by atoms with E-state index >= 15 is 0 Å². The van der Waals surface area contributed by atoms with E-state index in [4.69, 9.17) is 0 Å². The van der Waals surface area contributed by atoms with Crippen molar-refractivity contribution < 1.29 is 0 Å². The van der Waals surface area contributed by atoms with Crippen molar-refractivity contribution >= 4 is 0 Å². The van der Waals surface area contributed by atoms with Gasteiger partial charge in [-0.3, -0.25) is 4.90 Å². The maximum Gasteiger partial charge on any atom is 0.0346 e. The maximum atomic E-state index is 3.94. The first-order valence-electron chi connectivity index (χ1n) is 9.03. The van der Waals surface area contributed by atoms with Crippen molar-refractivity contribution in [2.24, 2.45) is 0 Å². The predicted octanol–water partition coefficient (Wildman–Crippen LogP) is 5.44. The Hall–Kier alpha value is -0.860. The van der Waals surface area contributed by atoms with Gasteiger partial charge in [-0.15, -0.1) is 13.2 Å². The van der Waals surface area contributed by atoms with Gasteiger partial charge in [0, 0.05) is 31.7 Å². The van der Waals surface area contributed by atoms with Gasteiger partial charge in [0.05, 0.1) is 0 Å². The summed E-state index contributed by atoms with van der Waals surface area (Å²) in [5, 5.41) is 3.48. The van der Waals surface area contributed by atoms with Crippen LogP contribution >= 0.6 is 0 Å². The normalized spacial score (nSPS) is 19.2. The Morgan fingerprint density at radius 3 is 2.14 bits per heavy atom. The average molecular weight is 311 g/mol. The highest BCUT2D eigenvalue weighted by Gasteiger charge is 2.27. The molecule has 1 aliphatic rings. The third-order valence-electron chi connectivity index (χ3n) is 3.61. The summed E-state index contributed by atoms with van der Waals surface area (Å²) < 4.78 is 0. The van der Waals surface area contributed by atoms with Crippen molar-refractivity contribution in [3.63, 3.8) is 0 Å². The van der Waals surface area contributed by atoms with E-state index in [0.29, 0.717) is 12.1 Å². The molecule has 1 aliphatic heterocycles. The monoisotopic (exact) mass is 310 g/mol. The molecule has 0 aliphatic carbocycles. The second-order valence-corrected chi connectivity index (χ2v) is 4.42. The summed E-state index contributed by atoms with van der Waals surface area (Å²) >= 11 is 0. The molecule has 0 radical (unpaired) electrons. The molecule has 0 aromatic heterocycles. The molecule has 0 aromatic carbocycles. The lowest BCUT2D eigenvalue weighted by Gasteiger charge is -2.41. The van der Waals surface area contributed by atoms with E-state index in [1.165, 1.54) is 18.4 Å². The largest absolute Gasteiger partial charge is 0.314 e. The molecule has 2 heteroatoms. The Morgan fingerprint density at radius 1 is 1.23 bits per heavy atom. The molecule has 1 fully saturated rings. The fraction of sp³-hybridized carbons (Fsp3) is 0.700. The first-order chi connectivity index (χ1) is 10.8. The zero-order valence-electron chi connectivity index (χ0n) is 16.4. The lowest BCUT2D eigenvalue weighted by Crippen LogP contribution is -2.55. The quantitative estimate of drug-likeness (QED) is 0.537. The van der Waals surface area contributed by atoms with Crippen LogP contribution in [0, 0.1) is 0 Å². The summed E-state index contributed by atoms with van der Waals surface area (Å²) in [6.07, 6.45) is 6.61. The number of hydrogen-bond acceptors (Lipinski definition) is 2. The molecule has 1 heterocycles. The summed E-state index contributed by atoms with van der Waals surface area (Å²) in [6.45, 7) is 28.0. The Balaban J connectivity index is -0.000000535. The van der Waals surface area contributed by atoms with Crippen LogP contribution in [0.5, 0.6) is 0 Å².